The molecular formula is C24H23NO4. The number of carbonyl (C=O) groups is 1. The molecule has 0 saturated carbocycles. The molecule has 1 aliphatic carbocycles. The highest BCUT2D eigenvalue weighted by Gasteiger charge is 2.33. The first kappa shape index (κ1) is 18.0. The van der Waals surface area contributed by atoms with Gasteiger partial charge in [-0.3, -0.25) is 4.79 Å². The summed E-state index contributed by atoms with van der Waals surface area (Å²) in [5.74, 6) is 0.658. The minimum atomic E-state index is -0.347. The largest absolute Gasteiger partial charge is 0.484 e. The van der Waals surface area contributed by atoms with E-state index in [0.29, 0.717) is 23.3 Å². The molecule has 5 nitrogen and oxygen atoms in total. The van der Waals surface area contributed by atoms with Crippen LogP contribution in [0.1, 0.15) is 51.6 Å². The Labute approximate surface area is 168 Å². The van der Waals surface area contributed by atoms with Crippen LogP contribution in [0.2, 0.25) is 0 Å². The van der Waals surface area contributed by atoms with E-state index in [4.69, 9.17) is 9.15 Å². The van der Waals surface area contributed by atoms with E-state index in [2.05, 4.69) is 0 Å². The van der Waals surface area contributed by atoms with Gasteiger partial charge in [0, 0.05) is 25.3 Å². The average molecular weight is 389 g/mol. The lowest BCUT2D eigenvalue weighted by molar-refractivity contribution is 0.0852. The topological polar surface area (TPSA) is 59.8 Å². The molecular weight excluding hydrogens is 366 g/mol. The summed E-state index contributed by atoms with van der Waals surface area (Å²) in [5, 5.41) is 0.806. The van der Waals surface area contributed by atoms with Gasteiger partial charge >= 0.3 is 5.63 Å². The van der Waals surface area contributed by atoms with Crippen LogP contribution in [0.5, 0.6) is 5.75 Å². The number of hydrogen-bond acceptors (Lipinski definition) is 5. The van der Waals surface area contributed by atoms with Crippen molar-refractivity contribution in [3.8, 4) is 5.75 Å². The number of ether oxygens (including phenoxy) is 1. The standard InChI is InChI=1S/C24H23NO4/c1-13-11-20-22(16-5-4-6-17(16)24(27)29-20)23-21(13)18(26)12-19(28-23)14-7-9-15(10-8-14)25(2)3/h7-11,19H,4-6,12H2,1-3H3/t19-/m1/s1. The van der Waals surface area contributed by atoms with Crippen LogP contribution < -0.4 is 15.3 Å². The average Bonchev–Trinajstić information content (AvgIpc) is 3.18. The molecule has 5 rings (SSSR count). The highest BCUT2D eigenvalue weighted by Crippen LogP contribution is 2.44. The maximum atomic E-state index is 13.1. The zero-order valence-corrected chi connectivity index (χ0v) is 16.9. The summed E-state index contributed by atoms with van der Waals surface area (Å²) in [7, 11) is 3.99. The maximum Gasteiger partial charge on any atom is 0.339 e. The van der Waals surface area contributed by atoms with Gasteiger partial charge in [0.25, 0.3) is 0 Å². The maximum absolute atomic E-state index is 13.1. The van der Waals surface area contributed by atoms with E-state index < -0.39 is 0 Å². The van der Waals surface area contributed by atoms with Crippen LogP contribution >= 0.6 is 0 Å². The second-order valence-corrected chi connectivity index (χ2v) is 8.19. The number of benzene rings is 2. The van der Waals surface area contributed by atoms with Crippen molar-refractivity contribution < 1.29 is 13.9 Å². The summed E-state index contributed by atoms with van der Waals surface area (Å²) < 4.78 is 12.1. The second kappa shape index (κ2) is 6.48. The number of rotatable bonds is 2. The minimum absolute atomic E-state index is 0.0743. The quantitative estimate of drug-likeness (QED) is 0.610. The van der Waals surface area contributed by atoms with Gasteiger partial charge in [-0.15, -0.1) is 0 Å². The zero-order valence-electron chi connectivity index (χ0n) is 16.9. The lowest BCUT2D eigenvalue weighted by Crippen LogP contribution is -2.22. The van der Waals surface area contributed by atoms with Gasteiger partial charge < -0.3 is 14.1 Å². The molecule has 1 aromatic heterocycles. The fraction of sp³-hybridized carbons (Fsp3) is 0.333. The van der Waals surface area contributed by atoms with E-state index in [1.807, 2.05) is 56.3 Å². The third kappa shape index (κ3) is 2.76. The van der Waals surface area contributed by atoms with Crippen LogP contribution in [-0.4, -0.2) is 19.9 Å². The molecule has 1 aliphatic heterocycles. The van der Waals surface area contributed by atoms with Crippen molar-refractivity contribution in [2.75, 3.05) is 19.0 Å². The van der Waals surface area contributed by atoms with Crippen LogP contribution in [0, 0.1) is 6.92 Å². The van der Waals surface area contributed by atoms with E-state index in [9.17, 15) is 9.59 Å². The molecule has 0 saturated heterocycles. The predicted molar refractivity (Wildman–Crippen MR) is 112 cm³/mol. The summed E-state index contributed by atoms with van der Waals surface area (Å²) in [6.45, 7) is 1.87. The van der Waals surface area contributed by atoms with Crippen LogP contribution in [-0.2, 0) is 12.8 Å². The van der Waals surface area contributed by atoms with Crippen molar-refractivity contribution in [1.82, 2.24) is 0 Å². The molecule has 0 amide bonds. The minimum Gasteiger partial charge on any atom is -0.484 e. The van der Waals surface area contributed by atoms with Crippen LogP contribution in [0.25, 0.3) is 11.0 Å². The Morgan fingerprint density at radius 3 is 2.48 bits per heavy atom. The first-order chi connectivity index (χ1) is 13.9. The Bertz CT molecular complexity index is 1200. The third-order valence-electron chi connectivity index (χ3n) is 6.10. The number of nitrogens with zero attached hydrogens (tertiary/aromatic N) is 1. The number of Topliss-reactive ketones (excluding diaryl/α,β-unsaturated/α-hetero) is 1. The molecule has 5 heteroatoms. The molecule has 0 unspecified atom stereocenters. The molecule has 2 aliphatic rings. The first-order valence-corrected chi connectivity index (χ1v) is 10.0. The Hall–Kier alpha value is -3.08. The Kier molecular flexibility index (Phi) is 4.02. The number of carbonyl (C=O) groups excluding carboxylic acids is 1. The Balaban J connectivity index is 1.68. The van der Waals surface area contributed by atoms with E-state index in [1.54, 1.807) is 0 Å². The molecule has 1 atom stereocenters. The van der Waals surface area contributed by atoms with Crippen LogP contribution in [0.15, 0.2) is 39.5 Å². The van der Waals surface area contributed by atoms with Crippen LogP contribution in [0.3, 0.4) is 0 Å². The van der Waals surface area contributed by atoms with Gasteiger partial charge in [-0.2, -0.15) is 0 Å². The number of aryl methyl sites for hydroxylation is 2. The highest BCUT2D eigenvalue weighted by atomic mass is 16.5. The molecule has 2 heterocycles. The summed E-state index contributed by atoms with van der Waals surface area (Å²) in [6.07, 6.45) is 2.41. The van der Waals surface area contributed by atoms with Crippen molar-refractivity contribution in [1.29, 1.82) is 0 Å². The van der Waals surface area contributed by atoms with Gasteiger partial charge in [0.15, 0.2) is 5.78 Å². The van der Waals surface area contributed by atoms with Crippen molar-refractivity contribution in [3.05, 3.63) is 68.6 Å². The zero-order chi connectivity index (χ0) is 20.3. The van der Waals surface area contributed by atoms with Crippen LogP contribution in [0.4, 0.5) is 5.69 Å². The lowest BCUT2D eigenvalue weighted by Gasteiger charge is -2.28. The highest BCUT2D eigenvalue weighted by molar-refractivity contribution is 6.07. The fourth-order valence-electron chi connectivity index (χ4n) is 4.62. The van der Waals surface area contributed by atoms with E-state index in [0.717, 1.165) is 52.6 Å². The molecule has 148 valence electrons. The number of ketones is 1. The molecule has 0 radical (unpaired) electrons. The Morgan fingerprint density at radius 1 is 1.03 bits per heavy atom. The normalized spacial score (nSPS) is 17.8. The number of hydrogen-bond donors (Lipinski definition) is 0. The first-order valence-electron chi connectivity index (χ1n) is 10.0. The molecule has 29 heavy (non-hydrogen) atoms. The fourth-order valence-corrected chi connectivity index (χ4v) is 4.62. The molecule has 0 N–H and O–H groups in total. The summed E-state index contributed by atoms with van der Waals surface area (Å²) >= 11 is 0. The predicted octanol–water partition coefficient (Wildman–Crippen LogP) is 4.36. The summed E-state index contributed by atoms with van der Waals surface area (Å²) in [4.78, 5) is 27.5. The molecule has 0 bridgehead atoms. The van der Waals surface area contributed by atoms with Gasteiger partial charge in [-0.05, 0) is 61.1 Å². The van der Waals surface area contributed by atoms with Crippen molar-refractivity contribution in [3.63, 3.8) is 0 Å². The third-order valence-corrected chi connectivity index (χ3v) is 6.10. The van der Waals surface area contributed by atoms with Gasteiger partial charge in [0.1, 0.15) is 17.4 Å². The van der Waals surface area contributed by atoms with E-state index in [-0.39, 0.29) is 17.5 Å². The summed E-state index contributed by atoms with van der Waals surface area (Å²) in [6, 6.07) is 9.90. The lowest BCUT2D eigenvalue weighted by atomic mass is 9.90. The van der Waals surface area contributed by atoms with Gasteiger partial charge in [-0.25, -0.2) is 4.79 Å². The van der Waals surface area contributed by atoms with Gasteiger partial charge in [-0.1, -0.05) is 12.1 Å². The van der Waals surface area contributed by atoms with Crippen molar-refractivity contribution >= 4 is 22.4 Å². The van der Waals surface area contributed by atoms with E-state index >= 15 is 0 Å². The molecule has 0 fully saturated rings. The monoisotopic (exact) mass is 389 g/mol. The Morgan fingerprint density at radius 2 is 1.76 bits per heavy atom. The SMILES string of the molecule is Cc1cc2oc(=O)c3c(c2c2c1C(=O)C[C@H](c1ccc(N(C)C)cc1)O2)CCC3. The number of anilines is 1. The summed E-state index contributed by atoms with van der Waals surface area (Å²) in [5.41, 5.74) is 5.46. The van der Waals surface area contributed by atoms with Gasteiger partial charge in [0.05, 0.1) is 17.4 Å². The van der Waals surface area contributed by atoms with Gasteiger partial charge in [0.2, 0.25) is 0 Å². The second-order valence-electron chi connectivity index (χ2n) is 8.19. The molecule has 2 aromatic carbocycles. The molecule has 0 spiro atoms. The van der Waals surface area contributed by atoms with Crippen molar-refractivity contribution in [2.24, 2.45) is 0 Å². The smallest absolute Gasteiger partial charge is 0.339 e. The van der Waals surface area contributed by atoms with E-state index in [1.165, 1.54) is 0 Å². The number of fused-ring (bicyclic) bond motifs is 5. The van der Waals surface area contributed by atoms with Crippen molar-refractivity contribution in [2.45, 2.75) is 38.7 Å². The molecule has 3 aromatic rings.